The minimum Gasteiger partial charge on any atom is -0.491 e. The number of nitrogens with one attached hydrogen (secondary N) is 1. The Morgan fingerprint density at radius 2 is 2.38 bits per heavy atom. The summed E-state index contributed by atoms with van der Waals surface area (Å²) < 4.78 is 6.39. The molecule has 1 N–H and O–H groups in total. The van der Waals surface area contributed by atoms with Gasteiger partial charge < -0.3 is 10.1 Å². The second-order valence-corrected chi connectivity index (χ2v) is 4.22. The van der Waals surface area contributed by atoms with E-state index in [0.29, 0.717) is 11.6 Å². The van der Waals surface area contributed by atoms with Crippen molar-refractivity contribution in [2.24, 2.45) is 0 Å². The van der Waals surface area contributed by atoms with E-state index in [0.717, 1.165) is 10.2 Å². The van der Waals surface area contributed by atoms with Gasteiger partial charge in [0.25, 0.3) is 0 Å². The predicted octanol–water partition coefficient (Wildman–Crippen LogP) is 2.76. The molecule has 0 radical (unpaired) electrons. The lowest BCUT2D eigenvalue weighted by atomic mass is 10.1. The summed E-state index contributed by atoms with van der Waals surface area (Å²) in [4.78, 5) is 0. The van der Waals surface area contributed by atoms with Crippen LogP contribution in [-0.2, 0) is 0 Å². The number of ether oxygens (including phenoxy) is 1. The smallest absolute Gasteiger partial charge is 0.125 e. The van der Waals surface area contributed by atoms with Gasteiger partial charge in [-0.2, -0.15) is 0 Å². The maximum Gasteiger partial charge on any atom is 0.125 e. The van der Waals surface area contributed by atoms with Crippen LogP contribution in [0, 0.1) is 0 Å². The van der Waals surface area contributed by atoms with Crippen LogP contribution in [0.25, 0.3) is 0 Å². The summed E-state index contributed by atoms with van der Waals surface area (Å²) in [6.07, 6.45) is 0. The number of hydrogen-bond acceptors (Lipinski definition) is 2. The van der Waals surface area contributed by atoms with Gasteiger partial charge in [0.15, 0.2) is 0 Å². The standard InChI is InChI=1S/C9H9BrClNO/c1-12-8-4-13-9-3-7(11)6(10)2-5(8)9/h2-3,8,12H,4H2,1H3. The van der Waals surface area contributed by atoms with Crippen molar-refractivity contribution in [3.05, 3.63) is 27.2 Å². The zero-order valence-corrected chi connectivity index (χ0v) is 9.45. The highest BCUT2D eigenvalue weighted by Crippen LogP contribution is 2.38. The number of fused-ring (bicyclic) bond motifs is 1. The molecule has 13 heavy (non-hydrogen) atoms. The molecule has 0 aliphatic carbocycles. The Morgan fingerprint density at radius 3 is 3.08 bits per heavy atom. The fourth-order valence-electron chi connectivity index (χ4n) is 1.44. The van der Waals surface area contributed by atoms with E-state index in [2.05, 4.69) is 21.2 Å². The third kappa shape index (κ3) is 1.56. The van der Waals surface area contributed by atoms with Crippen molar-refractivity contribution < 1.29 is 4.74 Å². The fourth-order valence-corrected chi connectivity index (χ4v) is 1.96. The maximum atomic E-state index is 5.94. The Kier molecular flexibility index (Phi) is 2.49. The van der Waals surface area contributed by atoms with Crippen molar-refractivity contribution >= 4 is 27.5 Å². The van der Waals surface area contributed by atoms with Gasteiger partial charge >= 0.3 is 0 Å². The maximum absolute atomic E-state index is 5.94. The highest BCUT2D eigenvalue weighted by molar-refractivity contribution is 9.10. The molecule has 0 amide bonds. The van der Waals surface area contributed by atoms with Crippen LogP contribution in [0.4, 0.5) is 0 Å². The molecule has 1 heterocycles. The van der Waals surface area contributed by atoms with E-state index < -0.39 is 0 Å². The van der Waals surface area contributed by atoms with Gasteiger partial charge in [0.05, 0.1) is 11.1 Å². The van der Waals surface area contributed by atoms with E-state index in [4.69, 9.17) is 16.3 Å². The van der Waals surface area contributed by atoms with Crippen LogP contribution in [0.5, 0.6) is 5.75 Å². The van der Waals surface area contributed by atoms with Crippen LogP contribution < -0.4 is 10.1 Å². The largest absolute Gasteiger partial charge is 0.491 e. The first-order valence-electron chi connectivity index (χ1n) is 4.01. The van der Waals surface area contributed by atoms with Crippen molar-refractivity contribution in [3.63, 3.8) is 0 Å². The van der Waals surface area contributed by atoms with Crippen LogP contribution in [-0.4, -0.2) is 13.7 Å². The first kappa shape index (κ1) is 9.31. The van der Waals surface area contributed by atoms with E-state index in [-0.39, 0.29) is 6.04 Å². The summed E-state index contributed by atoms with van der Waals surface area (Å²) in [5.41, 5.74) is 1.17. The fraction of sp³-hybridized carbons (Fsp3) is 0.333. The Morgan fingerprint density at radius 1 is 1.62 bits per heavy atom. The summed E-state index contributed by atoms with van der Waals surface area (Å²) in [5, 5.41) is 3.87. The van der Waals surface area contributed by atoms with Crippen molar-refractivity contribution in [1.82, 2.24) is 5.32 Å². The summed E-state index contributed by atoms with van der Waals surface area (Å²) in [5.74, 6) is 0.882. The van der Waals surface area contributed by atoms with Crippen molar-refractivity contribution in [2.75, 3.05) is 13.7 Å². The van der Waals surface area contributed by atoms with Crippen molar-refractivity contribution in [1.29, 1.82) is 0 Å². The van der Waals surface area contributed by atoms with Gasteiger partial charge in [0.1, 0.15) is 12.4 Å². The van der Waals surface area contributed by atoms with Gasteiger partial charge in [-0.1, -0.05) is 11.6 Å². The lowest BCUT2D eigenvalue weighted by molar-refractivity contribution is 0.318. The highest BCUT2D eigenvalue weighted by atomic mass is 79.9. The molecule has 2 rings (SSSR count). The zero-order chi connectivity index (χ0) is 9.42. The third-order valence-electron chi connectivity index (χ3n) is 2.18. The van der Waals surface area contributed by atoms with Gasteiger partial charge in [-0.15, -0.1) is 0 Å². The Balaban J connectivity index is 2.47. The van der Waals surface area contributed by atoms with Gasteiger partial charge in [-0.3, -0.25) is 0 Å². The van der Waals surface area contributed by atoms with Crippen LogP contribution in [0.15, 0.2) is 16.6 Å². The Bertz CT molecular complexity index is 343. The monoisotopic (exact) mass is 261 g/mol. The summed E-state index contributed by atoms with van der Waals surface area (Å²) in [6.45, 7) is 0.679. The minimum absolute atomic E-state index is 0.281. The summed E-state index contributed by atoms with van der Waals surface area (Å²) in [7, 11) is 1.92. The molecule has 0 saturated heterocycles. The molecule has 1 aromatic rings. The Labute approximate surface area is 90.4 Å². The van der Waals surface area contributed by atoms with Crippen molar-refractivity contribution in [3.8, 4) is 5.75 Å². The van der Waals surface area contributed by atoms with Crippen molar-refractivity contribution in [2.45, 2.75) is 6.04 Å². The quantitative estimate of drug-likeness (QED) is 0.840. The number of rotatable bonds is 1. The third-order valence-corrected chi connectivity index (χ3v) is 3.38. The van der Waals surface area contributed by atoms with Crippen LogP contribution in [0.1, 0.15) is 11.6 Å². The lowest BCUT2D eigenvalue weighted by Gasteiger charge is -2.06. The van der Waals surface area contributed by atoms with E-state index in [9.17, 15) is 0 Å². The zero-order valence-electron chi connectivity index (χ0n) is 7.10. The van der Waals surface area contributed by atoms with Crippen LogP contribution in [0.3, 0.4) is 0 Å². The Hall–Kier alpha value is -0.250. The topological polar surface area (TPSA) is 21.3 Å². The van der Waals surface area contributed by atoms with Gasteiger partial charge in [-0.25, -0.2) is 0 Å². The molecule has 2 nitrogen and oxygen atoms in total. The molecular weight excluding hydrogens is 253 g/mol. The number of benzene rings is 1. The minimum atomic E-state index is 0.281. The van der Waals surface area contributed by atoms with E-state index in [1.54, 1.807) is 0 Å². The van der Waals surface area contributed by atoms with Gasteiger partial charge in [0, 0.05) is 16.1 Å². The first-order valence-corrected chi connectivity index (χ1v) is 5.18. The summed E-state index contributed by atoms with van der Waals surface area (Å²) in [6, 6.07) is 4.13. The SMILES string of the molecule is CNC1COc2cc(Cl)c(Br)cc21. The number of likely N-dealkylation sites (N-methyl/N-ethyl adjacent to an activating group) is 1. The molecule has 0 bridgehead atoms. The molecule has 0 aromatic heterocycles. The molecule has 1 unspecified atom stereocenters. The average molecular weight is 263 g/mol. The molecule has 1 aliphatic rings. The highest BCUT2D eigenvalue weighted by Gasteiger charge is 2.23. The first-order chi connectivity index (χ1) is 6.22. The molecule has 1 aromatic carbocycles. The molecule has 1 aliphatic heterocycles. The molecule has 1 atom stereocenters. The van der Waals surface area contributed by atoms with Crippen LogP contribution >= 0.6 is 27.5 Å². The molecule has 0 spiro atoms. The second-order valence-electron chi connectivity index (χ2n) is 2.96. The van der Waals surface area contributed by atoms with E-state index >= 15 is 0 Å². The van der Waals surface area contributed by atoms with Gasteiger partial charge in [0.2, 0.25) is 0 Å². The van der Waals surface area contributed by atoms with E-state index in [1.807, 2.05) is 19.2 Å². The molecule has 0 saturated carbocycles. The average Bonchev–Trinajstić information content (AvgIpc) is 2.48. The van der Waals surface area contributed by atoms with Crippen LogP contribution in [0.2, 0.25) is 5.02 Å². The number of hydrogen-bond donors (Lipinski definition) is 1. The molecule has 0 fully saturated rings. The predicted molar refractivity (Wildman–Crippen MR) is 56.4 cm³/mol. The molecule has 70 valence electrons. The normalized spacial score (nSPS) is 19.8. The summed E-state index contributed by atoms with van der Waals surface area (Å²) >= 11 is 9.33. The van der Waals surface area contributed by atoms with E-state index in [1.165, 1.54) is 5.56 Å². The lowest BCUT2D eigenvalue weighted by Crippen LogP contribution is -2.17. The van der Waals surface area contributed by atoms with Gasteiger partial charge in [-0.05, 0) is 29.0 Å². The second kappa shape index (κ2) is 3.48. The molecule has 4 heteroatoms. The molecular formula is C9H9BrClNO. The number of halogens is 2.